The Morgan fingerprint density at radius 3 is 2.32 bits per heavy atom. The zero-order chi connectivity index (χ0) is 14.7. The average molecular weight is 308 g/mol. The quantitative estimate of drug-likeness (QED) is 0.333. The summed E-state index contributed by atoms with van der Waals surface area (Å²) in [7, 11) is 0. The van der Waals surface area contributed by atoms with Crippen molar-refractivity contribution in [3.63, 3.8) is 0 Å². The number of thioether (sulfide) groups is 2. The van der Waals surface area contributed by atoms with E-state index in [1.807, 2.05) is 12.5 Å². The Kier molecular flexibility index (Phi) is 10.7. The van der Waals surface area contributed by atoms with Gasteiger partial charge < -0.3 is 15.8 Å². The van der Waals surface area contributed by atoms with Crippen molar-refractivity contribution in [2.75, 3.05) is 24.0 Å². The molecule has 0 radical (unpaired) electrons. The van der Waals surface area contributed by atoms with Crippen LogP contribution in [-0.2, 0) is 19.1 Å². The number of rotatable bonds is 10. The number of carbonyl (C=O) groups excluding carboxylic acids is 3. The largest absolute Gasteiger partial charge is 0.390 e. The van der Waals surface area contributed by atoms with Crippen molar-refractivity contribution >= 4 is 41.9 Å². The first-order valence-corrected chi connectivity index (χ1v) is 8.54. The van der Waals surface area contributed by atoms with E-state index < -0.39 is 24.0 Å². The molecule has 1 amide bonds. The molecule has 6 nitrogen and oxygen atoms in total. The summed E-state index contributed by atoms with van der Waals surface area (Å²) in [6.45, 7) is 0. The molecule has 19 heavy (non-hydrogen) atoms. The summed E-state index contributed by atoms with van der Waals surface area (Å²) in [4.78, 5) is 33.6. The van der Waals surface area contributed by atoms with E-state index in [2.05, 4.69) is 10.1 Å². The van der Waals surface area contributed by atoms with E-state index in [1.54, 1.807) is 11.8 Å². The van der Waals surface area contributed by atoms with Gasteiger partial charge in [0.05, 0.1) is 0 Å². The van der Waals surface area contributed by atoms with Crippen LogP contribution < -0.4 is 11.1 Å². The summed E-state index contributed by atoms with van der Waals surface area (Å²) in [6.07, 6.45) is 5.06. The van der Waals surface area contributed by atoms with E-state index in [4.69, 9.17) is 5.73 Å². The van der Waals surface area contributed by atoms with Crippen LogP contribution in [0.25, 0.3) is 0 Å². The van der Waals surface area contributed by atoms with E-state index in [0.717, 1.165) is 0 Å². The maximum Gasteiger partial charge on any atom is 0.336 e. The van der Waals surface area contributed by atoms with Gasteiger partial charge in [-0.15, -0.1) is 0 Å². The first-order chi connectivity index (χ1) is 9.06. The third-order valence-corrected chi connectivity index (χ3v) is 3.59. The molecule has 0 aromatic heterocycles. The second-order valence-corrected chi connectivity index (χ2v) is 5.72. The number of amides is 1. The van der Waals surface area contributed by atoms with Crippen LogP contribution in [-0.4, -0.2) is 54.4 Å². The highest BCUT2D eigenvalue weighted by Gasteiger charge is 2.24. The van der Waals surface area contributed by atoms with E-state index in [1.165, 1.54) is 11.8 Å². The molecule has 0 heterocycles. The van der Waals surface area contributed by atoms with Gasteiger partial charge in [-0.2, -0.15) is 23.5 Å². The maximum atomic E-state index is 11.7. The molecule has 3 N–H and O–H groups in total. The third-order valence-electron chi connectivity index (χ3n) is 2.30. The predicted molar refractivity (Wildman–Crippen MR) is 78.1 cm³/mol. The summed E-state index contributed by atoms with van der Waals surface area (Å²) in [6, 6.07) is -1.62. The van der Waals surface area contributed by atoms with Gasteiger partial charge in [0.25, 0.3) is 0 Å². The zero-order valence-electron chi connectivity index (χ0n) is 11.1. The molecule has 0 aliphatic heterocycles. The van der Waals surface area contributed by atoms with Crippen molar-refractivity contribution in [2.45, 2.75) is 24.9 Å². The first kappa shape index (κ1) is 18.3. The molecule has 2 atom stereocenters. The Morgan fingerprint density at radius 1 is 1.21 bits per heavy atom. The average Bonchev–Trinajstić information content (AvgIpc) is 2.40. The van der Waals surface area contributed by atoms with Crippen LogP contribution in [0.2, 0.25) is 0 Å². The Morgan fingerprint density at radius 2 is 1.79 bits per heavy atom. The molecular formula is C11H20N2O4S2. The Bertz CT molecular complexity index is 302. The molecule has 0 aliphatic carbocycles. The Balaban J connectivity index is 4.28. The van der Waals surface area contributed by atoms with E-state index >= 15 is 0 Å². The lowest BCUT2D eigenvalue weighted by Crippen LogP contribution is -2.42. The van der Waals surface area contributed by atoms with Crippen LogP contribution in [0.4, 0.5) is 0 Å². The maximum absolute atomic E-state index is 11.7. The predicted octanol–water partition coefficient (Wildman–Crippen LogP) is 0.00430. The first-order valence-electron chi connectivity index (χ1n) is 5.75. The number of carbonyl (C=O) groups is 3. The van der Waals surface area contributed by atoms with Crippen LogP contribution in [0.1, 0.15) is 12.8 Å². The smallest absolute Gasteiger partial charge is 0.336 e. The summed E-state index contributed by atoms with van der Waals surface area (Å²) in [5.41, 5.74) is 5.59. The highest BCUT2D eigenvalue weighted by molar-refractivity contribution is 7.98. The topological polar surface area (TPSA) is 98.5 Å². The van der Waals surface area contributed by atoms with Crippen LogP contribution in [0.5, 0.6) is 0 Å². The monoisotopic (exact) mass is 308 g/mol. The van der Waals surface area contributed by atoms with Gasteiger partial charge in [-0.3, -0.25) is 4.79 Å². The van der Waals surface area contributed by atoms with Crippen molar-refractivity contribution in [1.29, 1.82) is 0 Å². The van der Waals surface area contributed by atoms with Gasteiger partial charge in [0.1, 0.15) is 12.1 Å². The van der Waals surface area contributed by atoms with Gasteiger partial charge in [-0.25, -0.2) is 9.59 Å². The van der Waals surface area contributed by atoms with Gasteiger partial charge in [0.15, 0.2) is 0 Å². The van der Waals surface area contributed by atoms with Gasteiger partial charge in [-0.1, -0.05) is 0 Å². The molecule has 0 aromatic carbocycles. The molecule has 0 rings (SSSR count). The van der Waals surface area contributed by atoms with Crippen LogP contribution in [0.3, 0.4) is 0 Å². The number of nitrogens with one attached hydrogen (secondary N) is 1. The van der Waals surface area contributed by atoms with E-state index in [9.17, 15) is 14.4 Å². The molecular weight excluding hydrogens is 288 g/mol. The number of esters is 2. The summed E-state index contributed by atoms with van der Waals surface area (Å²) in [5.74, 6) is -0.119. The van der Waals surface area contributed by atoms with Gasteiger partial charge in [-0.05, 0) is 36.9 Å². The Hall–Kier alpha value is -0.730. The van der Waals surface area contributed by atoms with Crippen molar-refractivity contribution in [1.82, 2.24) is 5.32 Å². The Labute approximate surface area is 121 Å². The molecule has 0 fully saturated rings. The van der Waals surface area contributed by atoms with Crippen LogP contribution in [0.15, 0.2) is 0 Å². The second kappa shape index (κ2) is 11.1. The fraction of sp³-hybridized carbons (Fsp3) is 0.727. The minimum absolute atomic E-state index is 0.409. The number of ether oxygens (including phenoxy) is 1. The standard InChI is InChI=1S/C11H20N2O4S2/c1-18-5-3-8(12)10(15)17-11(16)9(13-7-14)4-6-19-2/h7-9H,3-6,12H2,1-2H3,(H,13,14)/t8-,9-/m0/s1. The molecule has 0 unspecified atom stereocenters. The fourth-order valence-corrected chi connectivity index (χ4v) is 2.16. The molecule has 110 valence electrons. The molecule has 0 aromatic rings. The molecule has 0 bridgehead atoms. The molecule has 0 saturated carbocycles. The van der Waals surface area contributed by atoms with Gasteiger partial charge >= 0.3 is 11.9 Å². The molecule has 0 aliphatic rings. The van der Waals surface area contributed by atoms with Gasteiger partial charge in [0.2, 0.25) is 6.41 Å². The summed E-state index contributed by atoms with van der Waals surface area (Å²) < 4.78 is 4.68. The lowest BCUT2D eigenvalue weighted by atomic mass is 10.2. The SMILES string of the molecule is CSCC[C@H](NC=O)C(=O)OC(=O)[C@@H](N)CCSC. The minimum atomic E-state index is -0.811. The number of nitrogens with two attached hydrogens (primary N) is 1. The minimum Gasteiger partial charge on any atom is -0.390 e. The number of hydrogen-bond donors (Lipinski definition) is 2. The summed E-state index contributed by atoms with van der Waals surface area (Å²) >= 11 is 3.09. The van der Waals surface area contributed by atoms with Crippen molar-refractivity contribution in [2.24, 2.45) is 5.73 Å². The van der Waals surface area contributed by atoms with E-state index in [-0.39, 0.29) is 0 Å². The third kappa shape index (κ3) is 8.12. The van der Waals surface area contributed by atoms with Crippen molar-refractivity contribution in [3.8, 4) is 0 Å². The molecule has 8 heteroatoms. The zero-order valence-corrected chi connectivity index (χ0v) is 12.7. The van der Waals surface area contributed by atoms with Crippen LogP contribution >= 0.6 is 23.5 Å². The fourth-order valence-electron chi connectivity index (χ4n) is 1.20. The van der Waals surface area contributed by atoms with Crippen molar-refractivity contribution < 1.29 is 19.1 Å². The van der Waals surface area contributed by atoms with Crippen LogP contribution in [0, 0.1) is 0 Å². The van der Waals surface area contributed by atoms with E-state index in [0.29, 0.717) is 30.8 Å². The molecule has 0 saturated heterocycles. The highest BCUT2D eigenvalue weighted by Crippen LogP contribution is 2.05. The number of hydrogen-bond acceptors (Lipinski definition) is 7. The summed E-state index contributed by atoms with van der Waals surface area (Å²) in [5, 5.41) is 2.34. The normalized spacial score (nSPS) is 13.4. The lowest BCUT2D eigenvalue weighted by molar-refractivity contribution is -0.162. The second-order valence-electron chi connectivity index (χ2n) is 3.75. The highest BCUT2D eigenvalue weighted by atomic mass is 32.2. The molecule has 0 spiro atoms. The van der Waals surface area contributed by atoms with Crippen molar-refractivity contribution in [3.05, 3.63) is 0 Å². The van der Waals surface area contributed by atoms with Gasteiger partial charge in [0, 0.05) is 0 Å². The lowest BCUT2D eigenvalue weighted by Gasteiger charge is -2.15.